The second-order valence-electron chi connectivity index (χ2n) is 9.69. The predicted octanol–water partition coefficient (Wildman–Crippen LogP) is 4.84. The molecule has 4 rings (SSSR count). The van der Waals surface area contributed by atoms with E-state index in [1.165, 1.54) is 25.0 Å². The number of amides is 2. The van der Waals surface area contributed by atoms with Crippen LogP contribution in [0.4, 0.5) is 4.39 Å². The molecular formula is C27H36FN3O2S. The van der Waals surface area contributed by atoms with Gasteiger partial charge in [0.1, 0.15) is 5.82 Å². The number of hydrogen-bond acceptors (Lipinski definition) is 4. The highest BCUT2D eigenvalue weighted by molar-refractivity contribution is 7.10. The van der Waals surface area contributed by atoms with Gasteiger partial charge in [-0.1, -0.05) is 25.0 Å². The van der Waals surface area contributed by atoms with Crippen LogP contribution < -0.4 is 0 Å². The molecule has 184 valence electrons. The Hall–Kier alpha value is -2.25. The number of nitrogens with zero attached hydrogens (tertiary/aromatic N) is 3. The smallest absolute Gasteiger partial charge is 0.242 e. The molecule has 0 spiro atoms. The van der Waals surface area contributed by atoms with Gasteiger partial charge < -0.3 is 14.7 Å². The number of hydrogen-bond donors (Lipinski definition) is 0. The molecule has 2 amide bonds. The number of carbonyl (C=O) groups excluding carboxylic acids is 2. The molecule has 1 saturated carbocycles. The molecule has 1 saturated heterocycles. The van der Waals surface area contributed by atoms with Crippen molar-refractivity contribution in [2.24, 2.45) is 5.92 Å². The van der Waals surface area contributed by atoms with Crippen molar-refractivity contribution in [1.82, 2.24) is 14.7 Å². The van der Waals surface area contributed by atoms with Crippen LogP contribution in [-0.4, -0.2) is 59.2 Å². The maximum Gasteiger partial charge on any atom is 0.242 e. The summed E-state index contributed by atoms with van der Waals surface area (Å²) in [5, 5.41) is 2.04. The van der Waals surface area contributed by atoms with Gasteiger partial charge in [0.05, 0.1) is 13.1 Å². The van der Waals surface area contributed by atoms with E-state index in [1.54, 1.807) is 23.5 Å². The Balaban J connectivity index is 1.49. The standard InChI is InChI=1S/C27H36FN3O2S/c1-21-12-17-34-25(21)19-31(18-22-8-10-24(28)11-9-22)26(32)20-30(16-15-29-13-4-5-14-29)27(33)23-6-2-3-7-23/h8-12,17,23H,2-7,13-16,18-20H2,1H3. The molecular weight excluding hydrogens is 449 g/mol. The van der Waals surface area contributed by atoms with Gasteiger partial charge in [-0.05, 0) is 80.4 Å². The minimum Gasteiger partial charge on any atom is -0.332 e. The first-order chi connectivity index (χ1) is 16.5. The summed E-state index contributed by atoms with van der Waals surface area (Å²) < 4.78 is 13.4. The third-order valence-corrected chi connectivity index (χ3v) is 8.18. The van der Waals surface area contributed by atoms with Gasteiger partial charge >= 0.3 is 0 Å². The average Bonchev–Trinajstić information content (AvgIpc) is 3.61. The van der Waals surface area contributed by atoms with Crippen LogP contribution in [0.3, 0.4) is 0 Å². The summed E-state index contributed by atoms with van der Waals surface area (Å²) in [7, 11) is 0. The van der Waals surface area contributed by atoms with Crippen LogP contribution in [0.1, 0.15) is 54.5 Å². The number of thiophene rings is 1. The van der Waals surface area contributed by atoms with Crippen molar-refractivity contribution in [3.05, 3.63) is 57.5 Å². The van der Waals surface area contributed by atoms with Crippen molar-refractivity contribution in [1.29, 1.82) is 0 Å². The minimum atomic E-state index is -0.286. The molecule has 1 aromatic heterocycles. The molecule has 7 heteroatoms. The quantitative estimate of drug-likeness (QED) is 0.484. The lowest BCUT2D eigenvalue weighted by Gasteiger charge is -2.30. The molecule has 2 heterocycles. The van der Waals surface area contributed by atoms with Crippen LogP contribution >= 0.6 is 11.3 Å². The molecule has 2 aliphatic rings. The number of benzene rings is 1. The normalized spacial score (nSPS) is 16.8. The van der Waals surface area contributed by atoms with Gasteiger partial charge in [-0.25, -0.2) is 4.39 Å². The van der Waals surface area contributed by atoms with E-state index in [0.29, 0.717) is 19.6 Å². The van der Waals surface area contributed by atoms with Crippen LogP contribution in [0.5, 0.6) is 0 Å². The Morgan fingerprint density at radius 2 is 1.71 bits per heavy atom. The van der Waals surface area contributed by atoms with Crippen molar-refractivity contribution in [2.45, 2.75) is 58.5 Å². The Kier molecular flexibility index (Phi) is 8.73. The molecule has 0 N–H and O–H groups in total. The average molecular weight is 486 g/mol. The highest BCUT2D eigenvalue weighted by atomic mass is 32.1. The Labute approximate surface area is 206 Å². The fraction of sp³-hybridized carbons (Fsp3) is 0.556. The first-order valence-corrected chi connectivity index (χ1v) is 13.4. The number of aryl methyl sites for hydroxylation is 1. The molecule has 1 aliphatic carbocycles. The zero-order valence-corrected chi connectivity index (χ0v) is 21.0. The largest absolute Gasteiger partial charge is 0.332 e. The van der Waals surface area contributed by atoms with Crippen molar-refractivity contribution < 1.29 is 14.0 Å². The molecule has 5 nitrogen and oxygen atoms in total. The van der Waals surface area contributed by atoms with Crippen molar-refractivity contribution in [3.63, 3.8) is 0 Å². The maximum atomic E-state index is 13.6. The van der Waals surface area contributed by atoms with Gasteiger partial charge in [0.15, 0.2) is 0 Å². The summed E-state index contributed by atoms with van der Waals surface area (Å²) in [5.41, 5.74) is 2.05. The Morgan fingerprint density at radius 3 is 2.35 bits per heavy atom. The molecule has 1 aromatic carbocycles. The molecule has 34 heavy (non-hydrogen) atoms. The van der Waals surface area contributed by atoms with Crippen molar-refractivity contribution >= 4 is 23.2 Å². The number of likely N-dealkylation sites (tertiary alicyclic amines) is 1. The van der Waals surface area contributed by atoms with E-state index in [1.807, 2.05) is 15.2 Å². The lowest BCUT2D eigenvalue weighted by Crippen LogP contribution is -2.46. The summed E-state index contributed by atoms with van der Waals surface area (Å²) >= 11 is 1.64. The summed E-state index contributed by atoms with van der Waals surface area (Å²) in [6.45, 7) is 6.64. The summed E-state index contributed by atoms with van der Waals surface area (Å²) in [6.07, 6.45) is 6.47. The zero-order valence-electron chi connectivity index (χ0n) is 20.2. The first-order valence-electron chi connectivity index (χ1n) is 12.6. The fourth-order valence-corrected chi connectivity index (χ4v) is 5.93. The van der Waals surface area contributed by atoms with Crippen molar-refractivity contribution in [2.75, 3.05) is 32.7 Å². The molecule has 2 fully saturated rings. The topological polar surface area (TPSA) is 43.9 Å². The molecule has 1 aliphatic heterocycles. The number of halogens is 1. The van der Waals surface area contributed by atoms with Crippen molar-refractivity contribution in [3.8, 4) is 0 Å². The van der Waals surface area contributed by atoms with E-state index in [2.05, 4.69) is 17.9 Å². The van der Waals surface area contributed by atoms with E-state index in [9.17, 15) is 14.0 Å². The van der Waals surface area contributed by atoms with E-state index >= 15 is 0 Å². The fourth-order valence-electron chi connectivity index (χ4n) is 5.01. The van der Waals surface area contributed by atoms with Crippen LogP contribution in [0, 0.1) is 18.7 Å². The lowest BCUT2D eigenvalue weighted by molar-refractivity contribution is -0.143. The van der Waals surface area contributed by atoms with Crippen LogP contribution in [0.15, 0.2) is 35.7 Å². The Bertz CT molecular complexity index is 949. The van der Waals surface area contributed by atoms with E-state index < -0.39 is 0 Å². The molecule has 0 radical (unpaired) electrons. The molecule has 0 atom stereocenters. The summed E-state index contributed by atoms with van der Waals surface area (Å²) in [6, 6.07) is 8.38. The zero-order chi connectivity index (χ0) is 23.9. The maximum absolute atomic E-state index is 13.6. The van der Waals surface area contributed by atoms with Crippen LogP contribution in [0.2, 0.25) is 0 Å². The second kappa shape index (κ2) is 11.9. The third kappa shape index (κ3) is 6.66. The lowest BCUT2D eigenvalue weighted by atomic mass is 10.1. The van der Waals surface area contributed by atoms with Gasteiger partial charge in [-0.15, -0.1) is 11.3 Å². The number of carbonyl (C=O) groups is 2. The number of rotatable bonds is 10. The van der Waals surface area contributed by atoms with Crippen LogP contribution in [-0.2, 0) is 22.7 Å². The van der Waals surface area contributed by atoms with Gasteiger partial charge in [0, 0.05) is 30.4 Å². The Morgan fingerprint density at radius 1 is 1.00 bits per heavy atom. The summed E-state index contributed by atoms with van der Waals surface area (Å²) in [4.78, 5) is 34.2. The molecule has 0 unspecified atom stereocenters. The SMILES string of the molecule is Cc1ccsc1CN(Cc1ccc(F)cc1)C(=O)CN(CCN1CCCC1)C(=O)C1CCCC1. The van der Waals surface area contributed by atoms with E-state index in [0.717, 1.165) is 61.3 Å². The van der Waals surface area contributed by atoms with E-state index in [-0.39, 0.29) is 30.1 Å². The predicted molar refractivity (Wildman–Crippen MR) is 134 cm³/mol. The van der Waals surface area contributed by atoms with Gasteiger partial charge in [-0.3, -0.25) is 9.59 Å². The van der Waals surface area contributed by atoms with Gasteiger partial charge in [-0.2, -0.15) is 0 Å². The third-order valence-electron chi connectivity index (χ3n) is 7.17. The highest BCUT2D eigenvalue weighted by Gasteiger charge is 2.30. The summed E-state index contributed by atoms with van der Waals surface area (Å²) in [5.74, 6) is -0.147. The monoisotopic (exact) mass is 485 g/mol. The minimum absolute atomic E-state index is 0.0510. The van der Waals surface area contributed by atoms with Crippen LogP contribution in [0.25, 0.3) is 0 Å². The van der Waals surface area contributed by atoms with Gasteiger partial charge in [0.2, 0.25) is 11.8 Å². The first kappa shape index (κ1) is 24.9. The molecule has 2 aromatic rings. The highest BCUT2D eigenvalue weighted by Crippen LogP contribution is 2.27. The second-order valence-corrected chi connectivity index (χ2v) is 10.7. The molecule has 0 bridgehead atoms. The van der Waals surface area contributed by atoms with Gasteiger partial charge in [0.25, 0.3) is 0 Å². The van der Waals surface area contributed by atoms with E-state index in [4.69, 9.17) is 0 Å².